The monoisotopic (exact) mass is 530 g/mol. The topological polar surface area (TPSA) is 98.2 Å². The SMILES string of the molecule is CCC(C)(C)n1nnnc1[C@H](c1cc2ccc(C)cc2[nH]c1=O)N(Cc1ccc(OC)cc1)C[C@H]1CCCO1. The summed E-state index contributed by atoms with van der Waals surface area (Å²) in [7, 11) is 1.66. The molecule has 2 aromatic carbocycles. The van der Waals surface area contributed by atoms with Crippen LogP contribution in [0, 0.1) is 6.92 Å². The van der Waals surface area contributed by atoms with Gasteiger partial charge in [-0.3, -0.25) is 9.69 Å². The summed E-state index contributed by atoms with van der Waals surface area (Å²) in [6.45, 7) is 10.3. The van der Waals surface area contributed by atoms with Gasteiger partial charge in [0.2, 0.25) is 0 Å². The lowest BCUT2D eigenvalue weighted by Crippen LogP contribution is -2.41. The highest BCUT2D eigenvalue weighted by Gasteiger charge is 2.36. The molecule has 2 atom stereocenters. The van der Waals surface area contributed by atoms with E-state index in [2.05, 4.69) is 64.4 Å². The highest BCUT2D eigenvalue weighted by atomic mass is 16.5. The van der Waals surface area contributed by atoms with Gasteiger partial charge in [0.05, 0.1) is 18.8 Å². The van der Waals surface area contributed by atoms with Crippen LogP contribution in [0.2, 0.25) is 0 Å². The lowest BCUT2D eigenvalue weighted by atomic mass is 9.98. The summed E-state index contributed by atoms with van der Waals surface area (Å²) >= 11 is 0. The molecule has 1 aliphatic heterocycles. The molecule has 1 fully saturated rings. The molecule has 9 heteroatoms. The molecule has 2 aromatic heterocycles. The van der Waals surface area contributed by atoms with Gasteiger partial charge in [0.15, 0.2) is 5.82 Å². The summed E-state index contributed by atoms with van der Waals surface area (Å²) in [4.78, 5) is 19.2. The van der Waals surface area contributed by atoms with Gasteiger partial charge in [0.1, 0.15) is 11.8 Å². The number of rotatable bonds is 10. The van der Waals surface area contributed by atoms with Crippen molar-refractivity contribution in [3.63, 3.8) is 0 Å². The number of nitrogens with zero attached hydrogens (tertiary/aromatic N) is 5. The van der Waals surface area contributed by atoms with Crippen molar-refractivity contribution in [2.75, 3.05) is 20.3 Å². The standard InChI is InChI=1S/C30H38N6O3/c1-6-30(3,4)36-28(32-33-34-36)27(25-17-22-12-9-20(2)16-26(22)31-29(25)37)35(19-24-8-7-15-39-24)18-21-10-13-23(38-5)14-11-21/h9-14,16-17,24,27H,6-8,15,18-19H2,1-5H3,(H,31,37)/t24-,27+/m1/s1. The minimum atomic E-state index is -0.494. The minimum Gasteiger partial charge on any atom is -0.497 e. The first-order chi connectivity index (χ1) is 18.8. The highest BCUT2D eigenvalue weighted by molar-refractivity contribution is 5.79. The fraction of sp³-hybridized carbons (Fsp3) is 0.467. The molecule has 0 unspecified atom stereocenters. The van der Waals surface area contributed by atoms with Gasteiger partial charge in [0.25, 0.3) is 5.56 Å². The molecule has 39 heavy (non-hydrogen) atoms. The van der Waals surface area contributed by atoms with E-state index in [1.54, 1.807) is 7.11 Å². The molecule has 1 N–H and O–H groups in total. The number of nitrogens with one attached hydrogen (secondary N) is 1. The van der Waals surface area contributed by atoms with Gasteiger partial charge in [0, 0.05) is 30.8 Å². The smallest absolute Gasteiger partial charge is 0.253 e. The van der Waals surface area contributed by atoms with E-state index < -0.39 is 6.04 Å². The van der Waals surface area contributed by atoms with Gasteiger partial charge >= 0.3 is 0 Å². The van der Waals surface area contributed by atoms with Crippen LogP contribution in [0.3, 0.4) is 0 Å². The Morgan fingerprint density at radius 3 is 2.69 bits per heavy atom. The Balaban J connectivity index is 1.68. The van der Waals surface area contributed by atoms with Gasteiger partial charge in [-0.1, -0.05) is 31.2 Å². The van der Waals surface area contributed by atoms with Crippen LogP contribution < -0.4 is 10.3 Å². The molecule has 0 radical (unpaired) electrons. The summed E-state index contributed by atoms with van der Waals surface area (Å²) < 4.78 is 13.3. The third kappa shape index (κ3) is 5.74. The van der Waals surface area contributed by atoms with Crippen molar-refractivity contribution >= 4 is 10.9 Å². The lowest BCUT2D eigenvalue weighted by molar-refractivity contribution is 0.0562. The minimum absolute atomic E-state index is 0.0662. The van der Waals surface area contributed by atoms with E-state index in [9.17, 15) is 4.79 Å². The van der Waals surface area contributed by atoms with Crippen molar-refractivity contribution in [2.24, 2.45) is 0 Å². The van der Waals surface area contributed by atoms with E-state index in [1.807, 2.05) is 41.9 Å². The average Bonchev–Trinajstić information content (AvgIpc) is 3.63. The zero-order valence-electron chi connectivity index (χ0n) is 23.5. The van der Waals surface area contributed by atoms with Crippen molar-refractivity contribution in [3.8, 4) is 5.75 Å². The van der Waals surface area contributed by atoms with Crippen molar-refractivity contribution in [2.45, 2.75) is 71.2 Å². The Morgan fingerprint density at radius 2 is 2.00 bits per heavy atom. The van der Waals surface area contributed by atoms with Crippen molar-refractivity contribution in [3.05, 3.63) is 81.4 Å². The summed E-state index contributed by atoms with van der Waals surface area (Å²) in [5.74, 6) is 1.45. The van der Waals surface area contributed by atoms with Crippen LogP contribution in [0.25, 0.3) is 10.9 Å². The quantitative estimate of drug-likeness (QED) is 0.316. The van der Waals surface area contributed by atoms with E-state index in [4.69, 9.17) is 9.47 Å². The van der Waals surface area contributed by atoms with E-state index in [0.717, 1.165) is 53.6 Å². The highest BCUT2D eigenvalue weighted by Crippen LogP contribution is 2.33. The van der Waals surface area contributed by atoms with E-state index in [-0.39, 0.29) is 17.2 Å². The van der Waals surface area contributed by atoms with Gasteiger partial charge in [-0.15, -0.1) is 5.10 Å². The molecule has 1 saturated heterocycles. The average molecular weight is 531 g/mol. The normalized spacial score (nSPS) is 16.7. The Labute approximate surface area is 229 Å². The number of tetrazole rings is 1. The predicted octanol–water partition coefficient (Wildman–Crippen LogP) is 4.75. The molecular weight excluding hydrogens is 492 g/mol. The number of aromatic amines is 1. The first kappa shape index (κ1) is 27.0. The fourth-order valence-electron chi connectivity index (χ4n) is 5.26. The molecule has 5 rings (SSSR count). The Bertz CT molecular complexity index is 1470. The fourth-order valence-corrected chi connectivity index (χ4v) is 5.26. The molecule has 4 aromatic rings. The number of aromatic nitrogens is 5. The Hall–Kier alpha value is -3.56. The largest absolute Gasteiger partial charge is 0.497 e. The molecule has 206 valence electrons. The number of fused-ring (bicyclic) bond motifs is 1. The molecule has 0 amide bonds. The third-order valence-corrected chi connectivity index (χ3v) is 7.87. The van der Waals surface area contributed by atoms with Gasteiger partial charge in [-0.25, -0.2) is 4.68 Å². The second-order valence-corrected chi connectivity index (χ2v) is 11.1. The number of ether oxygens (including phenoxy) is 2. The van der Waals surface area contributed by atoms with Gasteiger partial charge < -0.3 is 14.5 Å². The Kier molecular flexibility index (Phi) is 7.81. The number of methoxy groups -OCH3 is 1. The summed E-state index contributed by atoms with van der Waals surface area (Å²) in [5, 5.41) is 14.0. The van der Waals surface area contributed by atoms with E-state index >= 15 is 0 Å². The third-order valence-electron chi connectivity index (χ3n) is 7.87. The number of benzene rings is 2. The van der Waals surface area contributed by atoms with Crippen LogP contribution in [0.1, 0.15) is 68.6 Å². The maximum absolute atomic E-state index is 13.8. The first-order valence-electron chi connectivity index (χ1n) is 13.7. The van der Waals surface area contributed by atoms with Gasteiger partial charge in [-0.2, -0.15) is 0 Å². The number of H-pyrrole nitrogens is 1. The second kappa shape index (κ2) is 11.3. The van der Waals surface area contributed by atoms with Crippen LogP contribution in [0.4, 0.5) is 0 Å². The van der Waals surface area contributed by atoms with Crippen LogP contribution in [-0.2, 0) is 16.8 Å². The number of pyridine rings is 1. The molecule has 3 heterocycles. The summed E-state index contributed by atoms with van der Waals surface area (Å²) in [5.41, 5.74) is 3.13. The lowest BCUT2D eigenvalue weighted by Gasteiger charge is -2.34. The second-order valence-electron chi connectivity index (χ2n) is 11.1. The molecule has 0 saturated carbocycles. The maximum atomic E-state index is 13.8. The molecular formula is C30H38N6O3. The molecule has 0 aliphatic carbocycles. The van der Waals surface area contributed by atoms with Crippen LogP contribution in [-0.4, -0.2) is 56.5 Å². The number of hydrogen-bond acceptors (Lipinski definition) is 7. The van der Waals surface area contributed by atoms with Crippen molar-refractivity contribution in [1.29, 1.82) is 0 Å². The Morgan fingerprint density at radius 1 is 1.21 bits per heavy atom. The van der Waals surface area contributed by atoms with Crippen LogP contribution in [0.15, 0.2) is 53.3 Å². The molecule has 0 spiro atoms. The predicted molar refractivity (Wildman–Crippen MR) is 151 cm³/mol. The molecule has 9 nitrogen and oxygen atoms in total. The summed E-state index contributed by atoms with van der Waals surface area (Å²) in [6, 6.07) is 15.7. The van der Waals surface area contributed by atoms with Crippen LogP contribution >= 0.6 is 0 Å². The number of aryl methyl sites for hydroxylation is 1. The maximum Gasteiger partial charge on any atom is 0.253 e. The zero-order valence-corrected chi connectivity index (χ0v) is 23.5. The zero-order chi connectivity index (χ0) is 27.6. The van der Waals surface area contributed by atoms with E-state index in [0.29, 0.717) is 24.5 Å². The number of hydrogen-bond donors (Lipinski definition) is 1. The van der Waals surface area contributed by atoms with Crippen molar-refractivity contribution < 1.29 is 9.47 Å². The van der Waals surface area contributed by atoms with Crippen molar-refractivity contribution in [1.82, 2.24) is 30.1 Å². The molecule has 0 bridgehead atoms. The van der Waals surface area contributed by atoms with Crippen LogP contribution in [0.5, 0.6) is 5.75 Å². The molecule has 1 aliphatic rings. The first-order valence-corrected chi connectivity index (χ1v) is 13.7. The van der Waals surface area contributed by atoms with E-state index in [1.165, 1.54) is 0 Å². The van der Waals surface area contributed by atoms with Gasteiger partial charge in [-0.05, 0) is 91.2 Å². The summed E-state index contributed by atoms with van der Waals surface area (Å²) in [6.07, 6.45) is 2.90.